The fourth-order valence-corrected chi connectivity index (χ4v) is 2.20. The minimum absolute atomic E-state index is 0.125. The Balaban J connectivity index is 2.48. The molecule has 104 valence electrons. The minimum atomic E-state index is -0.928. The highest BCUT2D eigenvalue weighted by atomic mass is 16.4. The molecule has 0 saturated carbocycles. The Kier molecular flexibility index (Phi) is 3.98. The highest BCUT2D eigenvalue weighted by Crippen LogP contribution is 2.12. The molecule has 0 radical (unpaired) electrons. The molecule has 0 fully saturated rings. The Labute approximate surface area is 116 Å². The van der Waals surface area contributed by atoms with Crippen LogP contribution in [0, 0.1) is 13.8 Å². The molecule has 1 aromatic carbocycles. The summed E-state index contributed by atoms with van der Waals surface area (Å²) in [7, 11) is 0. The van der Waals surface area contributed by atoms with Crippen LogP contribution < -0.4 is 5.69 Å². The number of rotatable bonds is 4. The third kappa shape index (κ3) is 2.93. The first-order chi connectivity index (χ1) is 9.49. The summed E-state index contributed by atoms with van der Waals surface area (Å²) in [6, 6.07) is 9.54. The van der Waals surface area contributed by atoms with Crippen molar-refractivity contribution in [1.29, 1.82) is 0 Å². The van der Waals surface area contributed by atoms with Gasteiger partial charge in [0.25, 0.3) is 0 Å². The molecule has 2 aromatic rings. The van der Waals surface area contributed by atoms with E-state index in [4.69, 9.17) is 5.11 Å². The van der Waals surface area contributed by atoms with Gasteiger partial charge in [-0.15, -0.1) is 0 Å². The highest BCUT2D eigenvalue weighted by molar-refractivity contribution is 5.70. The van der Waals surface area contributed by atoms with E-state index in [2.05, 4.69) is 4.98 Å². The second-order valence-electron chi connectivity index (χ2n) is 4.69. The van der Waals surface area contributed by atoms with Crippen LogP contribution in [0.3, 0.4) is 0 Å². The molecular weight excluding hydrogens is 256 g/mol. The van der Waals surface area contributed by atoms with E-state index >= 15 is 0 Å². The summed E-state index contributed by atoms with van der Waals surface area (Å²) < 4.78 is 1.51. The van der Waals surface area contributed by atoms with Crippen molar-refractivity contribution < 1.29 is 9.90 Å². The molecule has 1 aromatic heterocycles. The van der Waals surface area contributed by atoms with Crippen LogP contribution in [0.2, 0.25) is 0 Å². The van der Waals surface area contributed by atoms with Gasteiger partial charge in [0, 0.05) is 17.0 Å². The normalized spacial score (nSPS) is 10.5. The summed E-state index contributed by atoms with van der Waals surface area (Å²) >= 11 is 0. The lowest BCUT2D eigenvalue weighted by Crippen LogP contribution is -2.28. The molecule has 0 bridgehead atoms. The highest BCUT2D eigenvalue weighted by Gasteiger charge is 2.14. The summed E-state index contributed by atoms with van der Waals surface area (Å²) in [5, 5.41) is 8.95. The molecule has 5 nitrogen and oxygen atoms in total. The minimum Gasteiger partial charge on any atom is -0.481 e. The number of hydrogen-bond acceptors (Lipinski definition) is 3. The average Bonchev–Trinajstić information content (AvgIpc) is 2.40. The maximum atomic E-state index is 12.0. The Morgan fingerprint density at radius 1 is 1.25 bits per heavy atom. The lowest BCUT2D eigenvalue weighted by atomic mass is 10.1. The number of benzene rings is 1. The van der Waals surface area contributed by atoms with E-state index in [1.165, 1.54) is 4.57 Å². The molecule has 0 saturated heterocycles. The number of hydrogen-bond donors (Lipinski definition) is 1. The van der Waals surface area contributed by atoms with Crippen molar-refractivity contribution in [3.63, 3.8) is 0 Å². The van der Waals surface area contributed by atoms with Gasteiger partial charge in [-0.3, -0.25) is 9.36 Å². The summed E-state index contributed by atoms with van der Waals surface area (Å²) in [6.07, 6.45) is -0.125. The van der Waals surface area contributed by atoms with Crippen LogP contribution in [0.5, 0.6) is 0 Å². The van der Waals surface area contributed by atoms with Gasteiger partial charge >= 0.3 is 11.7 Å². The van der Waals surface area contributed by atoms with Gasteiger partial charge in [0.1, 0.15) is 0 Å². The monoisotopic (exact) mass is 272 g/mol. The zero-order valence-corrected chi connectivity index (χ0v) is 11.5. The van der Waals surface area contributed by atoms with Gasteiger partial charge in [0.2, 0.25) is 0 Å². The SMILES string of the molecule is Cc1nc(=O)n(Cc2ccccc2)c(C)c1CC(=O)O. The van der Waals surface area contributed by atoms with Crippen molar-refractivity contribution in [2.24, 2.45) is 0 Å². The largest absolute Gasteiger partial charge is 0.481 e. The number of aliphatic carboxylic acids is 1. The quantitative estimate of drug-likeness (QED) is 0.916. The molecule has 0 aliphatic heterocycles. The fourth-order valence-electron chi connectivity index (χ4n) is 2.20. The number of carboxylic acids is 1. The van der Waals surface area contributed by atoms with Crippen molar-refractivity contribution >= 4 is 5.97 Å². The van der Waals surface area contributed by atoms with E-state index in [0.717, 1.165) is 5.56 Å². The summed E-state index contributed by atoms with van der Waals surface area (Å²) in [5.41, 5.74) is 2.38. The summed E-state index contributed by atoms with van der Waals surface area (Å²) in [5.74, 6) is -0.928. The third-order valence-electron chi connectivity index (χ3n) is 3.28. The molecule has 0 amide bonds. The first kappa shape index (κ1) is 14.0. The molecule has 1 N–H and O–H groups in total. The van der Waals surface area contributed by atoms with Gasteiger partial charge in [0.05, 0.1) is 13.0 Å². The molecular formula is C15H16N2O3. The van der Waals surface area contributed by atoms with Crippen molar-refractivity contribution in [2.45, 2.75) is 26.8 Å². The zero-order valence-electron chi connectivity index (χ0n) is 11.5. The van der Waals surface area contributed by atoms with Gasteiger partial charge in [-0.25, -0.2) is 4.79 Å². The van der Waals surface area contributed by atoms with E-state index < -0.39 is 5.97 Å². The van der Waals surface area contributed by atoms with Crippen molar-refractivity contribution in [3.05, 3.63) is 63.3 Å². The first-order valence-corrected chi connectivity index (χ1v) is 6.31. The topological polar surface area (TPSA) is 72.2 Å². The second-order valence-corrected chi connectivity index (χ2v) is 4.69. The maximum Gasteiger partial charge on any atom is 0.348 e. The number of carbonyl (C=O) groups is 1. The standard InChI is InChI=1S/C15H16N2O3/c1-10-13(8-14(18)19)11(2)17(15(20)16-10)9-12-6-4-3-5-7-12/h3-7H,8-9H2,1-2H3,(H,18,19). The number of carboxylic acid groups (broad SMARTS) is 1. The van der Waals surface area contributed by atoms with E-state index in [1.54, 1.807) is 13.8 Å². The molecule has 0 spiro atoms. The molecule has 0 aliphatic carbocycles. The second kappa shape index (κ2) is 5.69. The van der Waals surface area contributed by atoms with Crippen LogP contribution in [-0.4, -0.2) is 20.6 Å². The number of aryl methyl sites for hydroxylation is 1. The Morgan fingerprint density at radius 3 is 2.50 bits per heavy atom. The maximum absolute atomic E-state index is 12.0. The van der Waals surface area contributed by atoms with Gasteiger partial charge in [-0.05, 0) is 19.4 Å². The summed E-state index contributed by atoms with van der Waals surface area (Å²) in [6.45, 7) is 3.82. The van der Waals surface area contributed by atoms with Crippen molar-refractivity contribution in [2.75, 3.05) is 0 Å². The van der Waals surface area contributed by atoms with E-state index in [0.29, 0.717) is 23.5 Å². The van der Waals surface area contributed by atoms with Gasteiger partial charge < -0.3 is 5.11 Å². The number of aromatic nitrogens is 2. The number of nitrogens with zero attached hydrogens (tertiary/aromatic N) is 2. The van der Waals surface area contributed by atoms with Crippen LogP contribution >= 0.6 is 0 Å². The molecule has 0 unspecified atom stereocenters. The molecule has 20 heavy (non-hydrogen) atoms. The third-order valence-corrected chi connectivity index (χ3v) is 3.28. The predicted molar refractivity (Wildman–Crippen MR) is 74.9 cm³/mol. The fraction of sp³-hybridized carbons (Fsp3) is 0.267. The lowest BCUT2D eigenvalue weighted by molar-refractivity contribution is -0.136. The Hall–Kier alpha value is -2.43. The molecule has 1 heterocycles. The molecule has 2 rings (SSSR count). The van der Waals surface area contributed by atoms with Crippen LogP contribution in [0.4, 0.5) is 0 Å². The smallest absolute Gasteiger partial charge is 0.348 e. The van der Waals surface area contributed by atoms with Crippen LogP contribution in [0.15, 0.2) is 35.1 Å². The predicted octanol–water partition coefficient (Wildman–Crippen LogP) is 1.54. The van der Waals surface area contributed by atoms with Crippen LogP contribution in [0.25, 0.3) is 0 Å². The Bertz CT molecular complexity index is 690. The van der Waals surface area contributed by atoms with Gasteiger partial charge in [-0.1, -0.05) is 30.3 Å². The average molecular weight is 272 g/mol. The lowest BCUT2D eigenvalue weighted by Gasteiger charge is -2.14. The van der Waals surface area contributed by atoms with E-state index in [9.17, 15) is 9.59 Å². The zero-order chi connectivity index (χ0) is 14.7. The summed E-state index contributed by atoms with van der Waals surface area (Å²) in [4.78, 5) is 26.8. The van der Waals surface area contributed by atoms with Gasteiger partial charge in [-0.2, -0.15) is 4.98 Å². The molecule has 0 atom stereocenters. The van der Waals surface area contributed by atoms with E-state index in [-0.39, 0.29) is 12.1 Å². The van der Waals surface area contributed by atoms with Crippen LogP contribution in [0.1, 0.15) is 22.5 Å². The van der Waals surface area contributed by atoms with Crippen LogP contribution in [-0.2, 0) is 17.8 Å². The first-order valence-electron chi connectivity index (χ1n) is 6.31. The van der Waals surface area contributed by atoms with E-state index in [1.807, 2.05) is 30.3 Å². The molecule has 5 heteroatoms. The Morgan fingerprint density at radius 2 is 1.90 bits per heavy atom. The van der Waals surface area contributed by atoms with Crippen molar-refractivity contribution in [1.82, 2.24) is 9.55 Å². The van der Waals surface area contributed by atoms with Crippen molar-refractivity contribution in [3.8, 4) is 0 Å². The molecule has 0 aliphatic rings. The van der Waals surface area contributed by atoms with Gasteiger partial charge in [0.15, 0.2) is 0 Å².